The molecule has 102 valence electrons. The van der Waals surface area contributed by atoms with Crippen molar-refractivity contribution in [2.45, 2.75) is 18.6 Å². The van der Waals surface area contributed by atoms with Crippen LogP contribution >= 0.6 is 11.8 Å². The van der Waals surface area contributed by atoms with Gasteiger partial charge < -0.3 is 4.90 Å². The van der Waals surface area contributed by atoms with Crippen LogP contribution in [0.3, 0.4) is 0 Å². The number of hydrogen-bond donors (Lipinski definition) is 0. The van der Waals surface area contributed by atoms with E-state index >= 15 is 0 Å². The monoisotopic (exact) mass is 280 g/mol. The molecule has 1 aromatic carbocycles. The predicted molar refractivity (Wildman–Crippen MR) is 75.1 cm³/mol. The molecule has 0 aliphatic carbocycles. The molecule has 0 saturated carbocycles. The van der Waals surface area contributed by atoms with Gasteiger partial charge in [0.2, 0.25) is 5.91 Å². The van der Waals surface area contributed by atoms with Crippen LogP contribution in [0.5, 0.6) is 0 Å². The first-order chi connectivity index (χ1) is 9.16. The van der Waals surface area contributed by atoms with Crippen LogP contribution in [-0.4, -0.2) is 34.6 Å². The number of benzene rings is 1. The van der Waals surface area contributed by atoms with Gasteiger partial charge in [-0.2, -0.15) is 0 Å². The van der Waals surface area contributed by atoms with E-state index in [1.165, 1.54) is 17.8 Å². The van der Waals surface area contributed by atoms with Gasteiger partial charge in [-0.25, -0.2) is 0 Å². The summed E-state index contributed by atoms with van der Waals surface area (Å²) in [5.41, 5.74) is 0.984. The van der Waals surface area contributed by atoms with E-state index in [2.05, 4.69) is 0 Å². The minimum absolute atomic E-state index is 0.101. The molecule has 1 heterocycles. The molecule has 0 unspecified atom stereocenters. The van der Waals surface area contributed by atoms with Gasteiger partial charge in [-0.3, -0.25) is 14.9 Å². The number of non-ortho nitro benzene ring substituents is 1. The van der Waals surface area contributed by atoms with Crippen molar-refractivity contribution in [1.29, 1.82) is 0 Å². The van der Waals surface area contributed by atoms with E-state index in [0.717, 1.165) is 31.5 Å². The Bertz CT molecular complexity index is 473. The van der Waals surface area contributed by atoms with Gasteiger partial charge in [0, 0.05) is 31.0 Å². The molecule has 1 saturated heterocycles. The number of nitro benzene ring substituents is 1. The fourth-order valence-corrected chi connectivity index (χ4v) is 2.95. The SMILES string of the molecule is O=C(CSCc1cccc([N+](=O)[O-])c1)N1CCCC1. The molecule has 2 rings (SSSR count). The fourth-order valence-electron chi connectivity index (χ4n) is 2.07. The van der Waals surface area contributed by atoms with Crippen LogP contribution in [0.25, 0.3) is 0 Å². The first-order valence-electron chi connectivity index (χ1n) is 6.25. The number of nitro groups is 1. The molecule has 19 heavy (non-hydrogen) atoms. The maximum atomic E-state index is 11.8. The Balaban J connectivity index is 1.80. The normalized spacial score (nSPS) is 14.6. The van der Waals surface area contributed by atoms with Crippen LogP contribution < -0.4 is 0 Å². The summed E-state index contributed by atoms with van der Waals surface area (Å²) in [4.78, 5) is 23.9. The van der Waals surface area contributed by atoms with Crippen molar-refractivity contribution in [2.75, 3.05) is 18.8 Å². The molecule has 1 aromatic rings. The van der Waals surface area contributed by atoms with Crippen molar-refractivity contribution in [1.82, 2.24) is 4.90 Å². The zero-order valence-corrected chi connectivity index (χ0v) is 11.4. The van der Waals surface area contributed by atoms with E-state index in [9.17, 15) is 14.9 Å². The predicted octanol–water partition coefficient (Wildman–Crippen LogP) is 2.45. The molecule has 1 amide bonds. The smallest absolute Gasteiger partial charge is 0.269 e. The average molecular weight is 280 g/mol. The van der Waals surface area contributed by atoms with Crippen LogP contribution in [0, 0.1) is 10.1 Å². The van der Waals surface area contributed by atoms with Gasteiger partial charge in [0.1, 0.15) is 0 Å². The second-order valence-electron chi connectivity index (χ2n) is 4.51. The Hall–Kier alpha value is -1.56. The third kappa shape index (κ3) is 3.96. The molecule has 6 heteroatoms. The number of carbonyl (C=O) groups is 1. The summed E-state index contributed by atoms with van der Waals surface area (Å²) in [6.07, 6.45) is 2.20. The molecule has 0 radical (unpaired) electrons. The maximum Gasteiger partial charge on any atom is 0.269 e. The summed E-state index contributed by atoms with van der Waals surface area (Å²) in [6, 6.07) is 6.56. The van der Waals surface area contributed by atoms with Crippen molar-refractivity contribution < 1.29 is 9.72 Å². The summed E-state index contributed by atoms with van der Waals surface area (Å²) in [5.74, 6) is 1.25. The van der Waals surface area contributed by atoms with Gasteiger partial charge >= 0.3 is 0 Å². The zero-order valence-electron chi connectivity index (χ0n) is 10.6. The maximum absolute atomic E-state index is 11.8. The lowest BCUT2D eigenvalue weighted by Crippen LogP contribution is -2.29. The molecule has 5 nitrogen and oxygen atoms in total. The highest BCUT2D eigenvalue weighted by molar-refractivity contribution is 7.99. The highest BCUT2D eigenvalue weighted by Gasteiger charge is 2.17. The number of nitrogens with zero attached hydrogens (tertiary/aromatic N) is 2. The molecule has 0 atom stereocenters. The molecule has 1 fully saturated rings. The van der Waals surface area contributed by atoms with E-state index < -0.39 is 4.92 Å². The number of likely N-dealkylation sites (tertiary alicyclic amines) is 1. The van der Waals surface area contributed by atoms with Crippen LogP contribution in [0.2, 0.25) is 0 Å². The third-order valence-corrected chi connectivity index (χ3v) is 4.06. The average Bonchev–Trinajstić information content (AvgIpc) is 2.93. The number of carbonyl (C=O) groups excluding carboxylic acids is 1. The first-order valence-corrected chi connectivity index (χ1v) is 7.41. The van der Waals surface area contributed by atoms with Crippen molar-refractivity contribution >= 4 is 23.4 Å². The first kappa shape index (κ1) is 13.9. The van der Waals surface area contributed by atoms with Gasteiger partial charge in [0.15, 0.2) is 0 Å². The van der Waals surface area contributed by atoms with Crippen molar-refractivity contribution in [2.24, 2.45) is 0 Å². The van der Waals surface area contributed by atoms with Crippen molar-refractivity contribution in [3.05, 3.63) is 39.9 Å². The highest BCUT2D eigenvalue weighted by Crippen LogP contribution is 2.19. The lowest BCUT2D eigenvalue weighted by molar-refractivity contribution is -0.384. The lowest BCUT2D eigenvalue weighted by Gasteiger charge is -2.14. The molecule has 0 N–H and O–H groups in total. The topological polar surface area (TPSA) is 63.4 Å². The zero-order chi connectivity index (χ0) is 13.7. The quantitative estimate of drug-likeness (QED) is 0.614. The van der Waals surface area contributed by atoms with Gasteiger partial charge in [0.05, 0.1) is 10.7 Å². The number of amides is 1. The minimum atomic E-state index is -0.399. The summed E-state index contributed by atoms with van der Waals surface area (Å²) >= 11 is 1.51. The molecule has 0 spiro atoms. The van der Waals surface area contributed by atoms with E-state index in [-0.39, 0.29) is 11.6 Å². The largest absolute Gasteiger partial charge is 0.342 e. The second kappa shape index (κ2) is 6.56. The van der Waals surface area contributed by atoms with Gasteiger partial charge in [0.25, 0.3) is 5.69 Å². The van der Waals surface area contributed by atoms with Crippen LogP contribution in [0.4, 0.5) is 5.69 Å². The summed E-state index contributed by atoms with van der Waals surface area (Å²) < 4.78 is 0. The Morgan fingerprint density at radius 1 is 1.37 bits per heavy atom. The van der Waals surface area contributed by atoms with Crippen LogP contribution in [-0.2, 0) is 10.5 Å². The van der Waals surface area contributed by atoms with Crippen molar-refractivity contribution in [3.63, 3.8) is 0 Å². The Kier molecular flexibility index (Phi) is 4.79. The van der Waals surface area contributed by atoms with E-state index in [4.69, 9.17) is 0 Å². The minimum Gasteiger partial charge on any atom is -0.342 e. The van der Waals surface area contributed by atoms with E-state index in [1.54, 1.807) is 12.1 Å². The Morgan fingerprint density at radius 3 is 2.79 bits per heavy atom. The van der Waals surface area contributed by atoms with Crippen molar-refractivity contribution in [3.8, 4) is 0 Å². The van der Waals surface area contributed by atoms with Crippen LogP contribution in [0.15, 0.2) is 24.3 Å². The third-order valence-electron chi connectivity index (χ3n) is 3.07. The Labute approximate surface area is 116 Å². The molecule has 1 aliphatic rings. The van der Waals surface area contributed by atoms with Gasteiger partial charge in [-0.1, -0.05) is 12.1 Å². The second-order valence-corrected chi connectivity index (χ2v) is 5.49. The van der Waals surface area contributed by atoms with E-state index in [0.29, 0.717) is 11.5 Å². The molecule has 0 bridgehead atoms. The number of thioether (sulfide) groups is 1. The molecule has 1 aliphatic heterocycles. The standard InChI is InChI=1S/C13H16N2O3S/c16-13(14-6-1-2-7-14)10-19-9-11-4-3-5-12(8-11)15(17)18/h3-5,8H,1-2,6-7,9-10H2. The van der Waals surface area contributed by atoms with Gasteiger partial charge in [-0.15, -0.1) is 11.8 Å². The van der Waals surface area contributed by atoms with Gasteiger partial charge in [-0.05, 0) is 18.4 Å². The van der Waals surface area contributed by atoms with E-state index in [1.807, 2.05) is 11.0 Å². The summed E-state index contributed by atoms with van der Waals surface area (Å²) in [7, 11) is 0. The number of hydrogen-bond acceptors (Lipinski definition) is 4. The molecular weight excluding hydrogens is 264 g/mol. The molecular formula is C13H16N2O3S. The Morgan fingerprint density at radius 2 is 2.11 bits per heavy atom. The van der Waals surface area contributed by atoms with Crippen LogP contribution in [0.1, 0.15) is 18.4 Å². The molecule has 0 aromatic heterocycles. The summed E-state index contributed by atoms with van der Waals surface area (Å²) in [5, 5.41) is 10.6. The lowest BCUT2D eigenvalue weighted by atomic mass is 10.2. The fraction of sp³-hybridized carbons (Fsp3) is 0.462. The summed E-state index contributed by atoms with van der Waals surface area (Å²) in [6.45, 7) is 1.74. The number of rotatable bonds is 5. The highest BCUT2D eigenvalue weighted by atomic mass is 32.2.